The Morgan fingerprint density at radius 1 is 0.644 bits per heavy atom. The number of unbranched alkanes of at least 4 members (excludes halogenated alkanes) is 3. The molecule has 0 bridgehead atoms. The van der Waals surface area contributed by atoms with Crippen molar-refractivity contribution >= 4 is 24.0 Å². The third-order valence-electron chi connectivity index (χ3n) is 6.66. The first kappa shape index (κ1) is 32.5. The number of carbonyl (C=O) groups is 3. The van der Waals surface area contributed by atoms with Crippen LogP contribution < -0.4 is 14.2 Å². The highest BCUT2D eigenvalue weighted by molar-refractivity contribution is 5.91. The number of hydrogen-bond donors (Lipinski definition) is 0. The molecule has 0 saturated heterocycles. The molecule has 230 valence electrons. The van der Waals surface area contributed by atoms with E-state index < -0.39 is 11.9 Å². The molecule has 0 aliphatic rings. The third-order valence-corrected chi connectivity index (χ3v) is 6.66. The van der Waals surface area contributed by atoms with Crippen LogP contribution in [-0.2, 0) is 14.3 Å². The summed E-state index contributed by atoms with van der Waals surface area (Å²) in [5.41, 5.74) is 3.59. The summed E-state index contributed by atoms with van der Waals surface area (Å²) < 4.78 is 21.8. The predicted octanol–water partition coefficient (Wildman–Crippen LogP) is 8.25. The second kappa shape index (κ2) is 17.0. The lowest BCUT2D eigenvalue weighted by Crippen LogP contribution is -2.08. The Morgan fingerprint density at radius 2 is 1.20 bits per heavy atom. The van der Waals surface area contributed by atoms with Crippen molar-refractivity contribution in [3.8, 4) is 28.4 Å². The summed E-state index contributed by atoms with van der Waals surface area (Å²) in [7, 11) is 0. The van der Waals surface area contributed by atoms with E-state index >= 15 is 0 Å². The molecule has 0 radical (unpaired) electrons. The molecular weight excluding hydrogens is 568 g/mol. The van der Waals surface area contributed by atoms with Crippen molar-refractivity contribution in [3.63, 3.8) is 0 Å². The first-order valence-electron chi connectivity index (χ1n) is 14.8. The van der Waals surface area contributed by atoms with Crippen LogP contribution in [0.5, 0.6) is 17.2 Å². The highest BCUT2D eigenvalue weighted by Crippen LogP contribution is 2.25. The van der Waals surface area contributed by atoms with Gasteiger partial charge in [-0.2, -0.15) is 0 Å². The van der Waals surface area contributed by atoms with Crippen LogP contribution in [0, 0.1) is 0 Å². The molecule has 7 heteroatoms. The van der Waals surface area contributed by atoms with E-state index in [-0.39, 0.29) is 5.97 Å². The van der Waals surface area contributed by atoms with Gasteiger partial charge in [-0.05, 0) is 104 Å². The fourth-order valence-electron chi connectivity index (χ4n) is 4.20. The van der Waals surface area contributed by atoms with Gasteiger partial charge in [0.1, 0.15) is 17.2 Å². The smallest absolute Gasteiger partial charge is 0.343 e. The van der Waals surface area contributed by atoms with Crippen LogP contribution in [0.15, 0.2) is 121 Å². The Kier molecular flexibility index (Phi) is 12.3. The van der Waals surface area contributed by atoms with Crippen molar-refractivity contribution in [1.29, 1.82) is 0 Å². The van der Waals surface area contributed by atoms with Gasteiger partial charge in [0.15, 0.2) is 0 Å². The van der Waals surface area contributed by atoms with Gasteiger partial charge < -0.3 is 18.9 Å². The monoisotopic (exact) mass is 604 g/mol. The number of ether oxygens (including phenoxy) is 4. The molecule has 7 nitrogen and oxygen atoms in total. The van der Waals surface area contributed by atoms with Gasteiger partial charge in [0.25, 0.3) is 0 Å². The van der Waals surface area contributed by atoms with E-state index in [1.54, 1.807) is 61.5 Å². The number of rotatable bonds is 15. The molecule has 0 heterocycles. The molecule has 0 aliphatic heterocycles. The van der Waals surface area contributed by atoms with E-state index in [9.17, 15) is 14.4 Å². The van der Waals surface area contributed by atoms with Crippen molar-refractivity contribution in [3.05, 3.63) is 132 Å². The molecule has 0 amide bonds. The van der Waals surface area contributed by atoms with Gasteiger partial charge in [0.05, 0.1) is 18.8 Å². The molecule has 0 aromatic heterocycles. The van der Waals surface area contributed by atoms with Crippen molar-refractivity contribution in [2.45, 2.75) is 32.6 Å². The minimum Gasteiger partial charge on any atom is -0.494 e. The Bertz CT molecular complexity index is 1590. The maximum absolute atomic E-state index is 12.7. The summed E-state index contributed by atoms with van der Waals surface area (Å²) in [6, 6.07) is 30.7. The van der Waals surface area contributed by atoms with Crippen LogP contribution in [-0.4, -0.2) is 31.1 Å². The zero-order chi connectivity index (χ0) is 31.9. The summed E-state index contributed by atoms with van der Waals surface area (Å²) >= 11 is 0. The molecule has 0 spiro atoms. The van der Waals surface area contributed by atoms with Crippen molar-refractivity contribution in [2.75, 3.05) is 13.2 Å². The first-order chi connectivity index (χ1) is 21.9. The van der Waals surface area contributed by atoms with Crippen molar-refractivity contribution in [2.24, 2.45) is 0 Å². The second-order valence-corrected chi connectivity index (χ2v) is 10.3. The molecule has 45 heavy (non-hydrogen) atoms. The van der Waals surface area contributed by atoms with Gasteiger partial charge in [-0.15, -0.1) is 0 Å². The van der Waals surface area contributed by atoms with Crippen LogP contribution in [0.3, 0.4) is 0 Å². The van der Waals surface area contributed by atoms with Gasteiger partial charge >= 0.3 is 17.9 Å². The fraction of sp³-hybridized carbons (Fsp3) is 0.184. The van der Waals surface area contributed by atoms with Crippen LogP contribution >= 0.6 is 0 Å². The maximum Gasteiger partial charge on any atom is 0.343 e. The van der Waals surface area contributed by atoms with Crippen molar-refractivity contribution in [1.82, 2.24) is 0 Å². The van der Waals surface area contributed by atoms with E-state index in [1.807, 2.05) is 54.6 Å². The van der Waals surface area contributed by atoms with E-state index in [1.165, 1.54) is 6.08 Å². The molecule has 0 saturated carbocycles. The molecule has 0 fully saturated rings. The van der Waals surface area contributed by atoms with E-state index in [0.717, 1.165) is 42.4 Å². The number of hydrogen-bond acceptors (Lipinski definition) is 7. The fourth-order valence-corrected chi connectivity index (χ4v) is 4.20. The molecule has 4 rings (SSSR count). The van der Waals surface area contributed by atoms with Gasteiger partial charge in [-0.1, -0.05) is 61.2 Å². The zero-order valence-corrected chi connectivity index (χ0v) is 25.3. The van der Waals surface area contributed by atoms with Gasteiger partial charge in [0.2, 0.25) is 0 Å². The molecule has 4 aromatic rings. The van der Waals surface area contributed by atoms with Crippen LogP contribution in [0.1, 0.15) is 48.5 Å². The Hall–Kier alpha value is -5.43. The minimum absolute atomic E-state index is 0.350. The zero-order valence-electron chi connectivity index (χ0n) is 25.3. The summed E-state index contributed by atoms with van der Waals surface area (Å²) in [6.45, 7) is 6.15. The van der Waals surface area contributed by atoms with E-state index in [4.69, 9.17) is 18.9 Å². The quantitative estimate of drug-likeness (QED) is 0.0584. The summed E-state index contributed by atoms with van der Waals surface area (Å²) in [5, 5.41) is 0. The Labute approximate surface area is 263 Å². The normalized spacial score (nSPS) is 10.7. The standard InChI is InChI=1S/C38H36O7/c1-28(2)37(40)43-27-9-4-3-8-26-42-33-19-17-32(18-20-33)38(41)45-35-23-15-31(16-24-35)30-13-21-34(22-14-30)44-36(39)25-12-29-10-6-5-7-11-29/h5-7,10-25H,1,3-4,8-9,26-27H2,2H3/b25-12+. The summed E-state index contributed by atoms with van der Waals surface area (Å²) in [5.74, 6) is 0.277. The third kappa shape index (κ3) is 11.0. The van der Waals surface area contributed by atoms with Crippen LogP contribution in [0.4, 0.5) is 0 Å². The van der Waals surface area contributed by atoms with Crippen LogP contribution in [0.25, 0.3) is 17.2 Å². The Balaban J connectivity index is 1.17. The minimum atomic E-state index is -0.464. The van der Waals surface area contributed by atoms with Crippen LogP contribution in [0.2, 0.25) is 0 Å². The highest BCUT2D eigenvalue weighted by atomic mass is 16.5. The second-order valence-electron chi connectivity index (χ2n) is 10.3. The average Bonchev–Trinajstić information content (AvgIpc) is 3.06. The van der Waals surface area contributed by atoms with E-state index in [0.29, 0.717) is 41.6 Å². The average molecular weight is 605 g/mol. The maximum atomic E-state index is 12.7. The van der Waals surface area contributed by atoms with Gasteiger partial charge in [0, 0.05) is 11.6 Å². The summed E-state index contributed by atoms with van der Waals surface area (Å²) in [6.07, 6.45) is 6.68. The number of esters is 3. The molecule has 4 aromatic carbocycles. The first-order valence-corrected chi connectivity index (χ1v) is 14.8. The molecule has 0 unspecified atom stereocenters. The van der Waals surface area contributed by atoms with Gasteiger partial charge in [-0.3, -0.25) is 0 Å². The van der Waals surface area contributed by atoms with Crippen molar-refractivity contribution < 1.29 is 33.3 Å². The highest BCUT2D eigenvalue weighted by Gasteiger charge is 2.10. The lowest BCUT2D eigenvalue weighted by molar-refractivity contribution is -0.139. The molecule has 0 atom stereocenters. The number of benzene rings is 4. The number of carbonyl (C=O) groups excluding carboxylic acids is 3. The molecular formula is C38H36O7. The Morgan fingerprint density at radius 3 is 1.80 bits per heavy atom. The SMILES string of the molecule is C=C(C)C(=O)OCCCCCCOc1ccc(C(=O)Oc2ccc(-c3ccc(OC(=O)/C=C/c4ccccc4)cc3)cc2)cc1. The lowest BCUT2D eigenvalue weighted by atomic mass is 10.1. The molecule has 0 N–H and O–H groups in total. The topological polar surface area (TPSA) is 88.1 Å². The summed E-state index contributed by atoms with van der Waals surface area (Å²) in [4.78, 5) is 36.1. The van der Waals surface area contributed by atoms with E-state index in [2.05, 4.69) is 6.58 Å². The van der Waals surface area contributed by atoms with Gasteiger partial charge in [-0.25, -0.2) is 14.4 Å². The lowest BCUT2D eigenvalue weighted by Gasteiger charge is -2.09. The molecule has 0 aliphatic carbocycles. The largest absolute Gasteiger partial charge is 0.494 e. The predicted molar refractivity (Wildman–Crippen MR) is 174 cm³/mol.